The molecule has 192 valence electrons. The Morgan fingerprint density at radius 3 is 2.46 bits per heavy atom. The maximum absolute atomic E-state index is 13.6. The standard InChI is InChI=1S/C23H28O12/c1-8-15(26)33-13-12(25)21-10-6-9(19(2,3)4)20(21)14(31-7-11(24)30-5)16(27)34-18(20)35-23(21,17(28)32-10)22(8,13)29/h8-10,12-14,18,25,29H,6-7H2,1-5H3/t8?,9-,10?,12-,13-,14-,18-,20?,21-,22+,23+/m0/s1. The van der Waals surface area contributed by atoms with E-state index in [9.17, 15) is 29.4 Å². The van der Waals surface area contributed by atoms with Crippen LogP contribution in [0.25, 0.3) is 0 Å². The van der Waals surface area contributed by atoms with Crippen molar-refractivity contribution in [1.29, 1.82) is 0 Å². The molecule has 2 aliphatic carbocycles. The smallest absolute Gasteiger partial charge is 0.343 e. The molecular formula is C23H28O12. The zero-order chi connectivity index (χ0) is 25.5. The molecule has 6 rings (SSSR count). The molecule has 2 spiro atoms. The number of ether oxygens (including phenoxy) is 6. The highest BCUT2D eigenvalue weighted by Gasteiger charge is 3.04. The number of fused-ring (bicyclic) bond motifs is 1. The van der Waals surface area contributed by atoms with E-state index in [1.165, 1.54) is 14.0 Å². The van der Waals surface area contributed by atoms with Crippen molar-refractivity contribution in [3.05, 3.63) is 0 Å². The zero-order valence-electron chi connectivity index (χ0n) is 19.9. The number of esters is 4. The highest BCUT2D eigenvalue weighted by atomic mass is 16.8. The summed E-state index contributed by atoms with van der Waals surface area (Å²) in [6, 6.07) is 0. The lowest BCUT2D eigenvalue weighted by atomic mass is 9.51. The average Bonchev–Trinajstić information content (AvgIpc) is 3.49. The lowest BCUT2D eigenvalue weighted by Crippen LogP contribution is -2.67. The van der Waals surface area contributed by atoms with Gasteiger partial charge in [0.05, 0.1) is 23.9 Å². The maximum atomic E-state index is 13.6. The van der Waals surface area contributed by atoms with Crippen molar-refractivity contribution in [2.45, 2.75) is 76.0 Å². The predicted octanol–water partition coefficient (Wildman–Crippen LogP) is -1.17. The Hall–Kier alpha value is -2.28. The molecule has 0 aromatic carbocycles. The summed E-state index contributed by atoms with van der Waals surface area (Å²) in [6.45, 7) is 6.55. The number of aliphatic hydroxyl groups excluding tert-OH is 1. The SMILES string of the molecule is COC(=O)CO[C@H]1C(=O)O[C@H]2O[C@]34C(=O)OC5C[C@@H](C(C)(C)C)C21[C@@]53[C@@H](O)[C@@H]1OC(=O)C(C)[C@@]14O. The summed E-state index contributed by atoms with van der Waals surface area (Å²) in [7, 11) is 1.17. The Morgan fingerprint density at radius 1 is 1.14 bits per heavy atom. The summed E-state index contributed by atoms with van der Waals surface area (Å²) < 4.78 is 33.6. The van der Waals surface area contributed by atoms with Crippen molar-refractivity contribution in [1.82, 2.24) is 0 Å². The Labute approximate surface area is 200 Å². The summed E-state index contributed by atoms with van der Waals surface area (Å²) in [4.78, 5) is 51.3. The first-order chi connectivity index (χ1) is 16.3. The van der Waals surface area contributed by atoms with Gasteiger partial charge in [-0.15, -0.1) is 0 Å². The molecule has 3 unspecified atom stereocenters. The van der Waals surface area contributed by atoms with Crippen molar-refractivity contribution >= 4 is 23.9 Å². The van der Waals surface area contributed by atoms with Crippen LogP contribution in [0.15, 0.2) is 0 Å². The maximum Gasteiger partial charge on any atom is 0.343 e. The minimum atomic E-state index is -2.29. The zero-order valence-corrected chi connectivity index (χ0v) is 19.9. The van der Waals surface area contributed by atoms with Crippen molar-refractivity contribution in [3.8, 4) is 0 Å². The van der Waals surface area contributed by atoms with Crippen LogP contribution in [0.3, 0.4) is 0 Å². The van der Waals surface area contributed by atoms with Gasteiger partial charge < -0.3 is 38.6 Å². The summed E-state index contributed by atoms with van der Waals surface area (Å²) in [6.07, 6.45) is -6.84. The lowest BCUT2D eigenvalue weighted by Gasteiger charge is -2.48. The second-order valence-electron chi connectivity index (χ2n) is 11.5. The second-order valence-corrected chi connectivity index (χ2v) is 11.5. The van der Waals surface area contributed by atoms with Crippen molar-refractivity contribution in [2.75, 3.05) is 13.7 Å². The van der Waals surface area contributed by atoms with Crippen LogP contribution in [0.1, 0.15) is 34.1 Å². The largest absolute Gasteiger partial charge is 0.467 e. The van der Waals surface area contributed by atoms with Gasteiger partial charge >= 0.3 is 23.9 Å². The molecule has 0 aromatic rings. The second kappa shape index (κ2) is 6.34. The Balaban J connectivity index is 1.64. The monoisotopic (exact) mass is 496 g/mol. The molecule has 35 heavy (non-hydrogen) atoms. The van der Waals surface area contributed by atoms with E-state index in [0.717, 1.165) is 0 Å². The lowest BCUT2D eigenvalue weighted by molar-refractivity contribution is -0.240. The van der Waals surface area contributed by atoms with Crippen LogP contribution < -0.4 is 0 Å². The third-order valence-corrected chi connectivity index (χ3v) is 9.56. The van der Waals surface area contributed by atoms with Gasteiger partial charge in [-0.25, -0.2) is 14.4 Å². The third-order valence-electron chi connectivity index (χ3n) is 9.56. The molecule has 2 N–H and O–H groups in total. The summed E-state index contributed by atoms with van der Waals surface area (Å²) in [5.74, 6) is -5.09. The molecule has 4 saturated heterocycles. The van der Waals surface area contributed by atoms with Crippen LogP contribution in [0.4, 0.5) is 0 Å². The summed E-state index contributed by atoms with van der Waals surface area (Å²) >= 11 is 0. The molecule has 0 aromatic heterocycles. The molecule has 6 aliphatic rings. The van der Waals surface area contributed by atoms with E-state index in [4.69, 9.17) is 23.7 Å². The molecule has 6 fully saturated rings. The van der Waals surface area contributed by atoms with E-state index in [2.05, 4.69) is 4.74 Å². The van der Waals surface area contributed by atoms with Crippen LogP contribution in [0, 0.1) is 28.1 Å². The number of hydrogen-bond donors (Lipinski definition) is 2. The minimum Gasteiger partial charge on any atom is -0.467 e. The van der Waals surface area contributed by atoms with Gasteiger partial charge in [0.1, 0.15) is 18.8 Å². The number of carbonyl (C=O) groups excluding carboxylic acids is 4. The van der Waals surface area contributed by atoms with Crippen molar-refractivity contribution in [3.63, 3.8) is 0 Å². The summed E-state index contributed by atoms with van der Waals surface area (Å²) in [5.41, 5.74) is -8.44. The van der Waals surface area contributed by atoms with E-state index in [0.29, 0.717) is 0 Å². The first-order valence-corrected chi connectivity index (χ1v) is 11.7. The van der Waals surface area contributed by atoms with Gasteiger partial charge in [0.15, 0.2) is 17.8 Å². The fourth-order valence-corrected chi connectivity index (χ4v) is 8.51. The Morgan fingerprint density at radius 2 is 1.83 bits per heavy atom. The molecule has 12 heteroatoms. The van der Waals surface area contributed by atoms with E-state index < -0.39 is 100 Å². The van der Waals surface area contributed by atoms with Gasteiger partial charge in [-0.3, -0.25) is 4.79 Å². The van der Waals surface area contributed by atoms with Gasteiger partial charge in [0.25, 0.3) is 0 Å². The van der Waals surface area contributed by atoms with Gasteiger partial charge in [0.2, 0.25) is 11.9 Å². The van der Waals surface area contributed by atoms with Crippen LogP contribution >= 0.6 is 0 Å². The fourth-order valence-electron chi connectivity index (χ4n) is 8.51. The van der Waals surface area contributed by atoms with Gasteiger partial charge in [-0.05, 0) is 24.7 Å². The van der Waals surface area contributed by atoms with Crippen molar-refractivity contribution in [2.24, 2.45) is 28.1 Å². The number of hydrogen-bond acceptors (Lipinski definition) is 12. The quantitative estimate of drug-likeness (QED) is 0.356. The van der Waals surface area contributed by atoms with Gasteiger partial charge in [-0.1, -0.05) is 20.8 Å². The summed E-state index contributed by atoms with van der Waals surface area (Å²) in [5, 5.41) is 24.0. The van der Waals surface area contributed by atoms with Gasteiger partial charge in [0, 0.05) is 0 Å². The highest BCUT2D eigenvalue weighted by molar-refractivity contribution is 5.94. The number of carbonyl (C=O) groups is 4. The highest BCUT2D eigenvalue weighted by Crippen LogP contribution is 2.84. The van der Waals surface area contributed by atoms with Crippen LogP contribution in [0.2, 0.25) is 0 Å². The molecule has 0 radical (unpaired) electrons. The van der Waals surface area contributed by atoms with E-state index in [1.807, 2.05) is 20.8 Å². The van der Waals surface area contributed by atoms with Crippen LogP contribution in [-0.2, 0) is 47.6 Å². The first-order valence-electron chi connectivity index (χ1n) is 11.7. The molecule has 0 amide bonds. The van der Waals surface area contributed by atoms with E-state index in [1.54, 1.807) is 0 Å². The Kier molecular flexibility index (Phi) is 4.19. The van der Waals surface area contributed by atoms with Crippen LogP contribution in [-0.4, -0.2) is 89.7 Å². The van der Waals surface area contributed by atoms with Gasteiger partial charge in [-0.2, -0.15) is 0 Å². The molecular weight excluding hydrogens is 468 g/mol. The molecule has 4 aliphatic heterocycles. The van der Waals surface area contributed by atoms with E-state index >= 15 is 0 Å². The molecule has 0 bridgehead atoms. The molecule has 4 heterocycles. The Bertz CT molecular complexity index is 1070. The molecule has 12 nitrogen and oxygen atoms in total. The van der Waals surface area contributed by atoms with Crippen molar-refractivity contribution < 1.29 is 57.8 Å². The average molecular weight is 496 g/mol. The fraction of sp³-hybridized carbons (Fsp3) is 0.826. The van der Waals surface area contributed by atoms with E-state index in [-0.39, 0.29) is 6.42 Å². The number of rotatable bonds is 3. The normalized spacial score (nSPS) is 53.0. The number of methoxy groups -OCH3 is 1. The molecule has 11 atom stereocenters. The number of aliphatic hydroxyl groups is 2. The predicted molar refractivity (Wildman–Crippen MR) is 108 cm³/mol. The third kappa shape index (κ3) is 1.99. The van der Waals surface area contributed by atoms with Crippen LogP contribution in [0.5, 0.6) is 0 Å². The topological polar surface area (TPSA) is 164 Å². The molecule has 2 saturated carbocycles. The first kappa shape index (κ1) is 23.1. The minimum absolute atomic E-state index is 0.202.